The lowest BCUT2D eigenvalue weighted by molar-refractivity contribution is -0.207. The van der Waals surface area contributed by atoms with Crippen molar-refractivity contribution in [3.05, 3.63) is 11.1 Å². The molecule has 3 saturated heterocycles. The van der Waals surface area contributed by atoms with Gasteiger partial charge in [0.1, 0.15) is 36.1 Å². The van der Waals surface area contributed by atoms with E-state index >= 15 is 0 Å². The smallest absolute Gasteiger partial charge is 0.394 e. The number of aliphatic hydroxyl groups excluding tert-OH is 1. The summed E-state index contributed by atoms with van der Waals surface area (Å²) in [4.78, 5) is 12.1. The molecule has 1 unspecified atom stereocenters. The summed E-state index contributed by atoms with van der Waals surface area (Å²) < 4.78 is 64.0. The lowest BCUT2D eigenvalue weighted by atomic mass is 9.46. The van der Waals surface area contributed by atoms with Gasteiger partial charge in [-0.05, 0) is 30.8 Å². The predicted molar refractivity (Wildman–Crippen MR) is 87.5 cm³/mol. The van der Waals surface area contributed by atoms with Crippen molar-refractivity contribution < 1.29 is 42.0 Å². The fraction of sp³-hybridized carbons (Fsp3) is 0.850. The van der Waals surface area contributed by atoms with Gasteiger partial charge in [0.25, 0.3) is 0 Å². The molecule has 0 aromatic carbocycles. The molecular weight excluding hydrogens is 393 g/mol. The summed E-state index contributed by atoms with van der Waals surface area (Å²) in [6, 6.07) is 0. The molecule has 9 heteroatoms. The average Bonchev–Trinajstić information content (AvgIpc) is 3.53. The molecule has 6 nitrogen and oxygen atoms in total. The fourth-order valence-electron chi connectivity index (χ4n) is 7.76. The normalized spacial score (nSPS) is 59.4. The standard InChI is InChI=1S/C20H21F3O6/c1-7(20(21,22)23)17-12(28-17)13-19(29-13)16(2)4-3-8-9(6-26-14(8)24)10(16)5-11-18(19,27-11)15(17)25/h7,10-13,15,25H,3-6H2,1-2H3/t7?,10-,11-,12-,13-,15+,16-,17-,18+,19+/m0/s1. The van der Waals surface area contributed by atoms with E-state index in [0.29, 0.717) is 19.3 Å². The van der Waals surface area contributed by atoms with Crippen molar-refractivity contribution in [1.29, 1.82) is 0 Å². The number of rotatable bonds is 1. The van der Waals surface area contributed by atoms with Crippen LogP contribution in [-0.2, 0) is 23.7 Å². The van der Waals surface area contributed by atoms with Crippen LogP contribution in [0.2, 0.25) is 0 Å². The summed E-state index contributed by atoms with van der Waals surface area (Å²) in [5.41, 5.74) is -2.51. The van der Waals surface area contributed by atoms with Gasteiger partial charge >= 0.3 is 12.1 Å². The zero-order valence-corrected chi connectivity index (χ0v) is 15.9. The zero-order chi connectivity index (χ0) is 20.4. The molecule has 0 aromatic heterocycles. The number of aliphatic hydroxyl groups is 1. The Morgan fingerprint density at radius 1 is 1.21 bits per heavy atom. The third kappa shape index (κ3) is 1.51. The van der Waals surface area contributed by atoms with Gasteiger partial charge in [0.15, 0.2) is 5.60 Å². The molecule has 1 N–H and O–H groups in total. The second kappa shape index (κ2) is 4.40. The molecule has 158 valence electrons. The molecule has 4 heterocycles. The number of carbonyl (C=O) groups excluding carboxylic acids is 1. The Kier molecular flexibility index (Phi) is 2.66. The van der Waals surface area contributed by atoms with Crippen LogP contribution in [0.4, 0.5) is 13.2 Å². The number of hydrogen-bond acceptors (Lipinski definition) is 6. The maximum Gasteiger partial charge on any atom is 0.394 e. The number of fused-ring (bicyclic) bond motifs is 4. The Hall–Kier alpha value is -1.16. The van der Waals surface area contributed by atoms with Crippen LogP contribution in [0.3, 0.4) is 0 Å². The molecule has 4 aliphatic heterocycles. The summed E-state index contributed by atoms with van der Waals surface area (Å²) in [5, 5.41) is 11.3. The lowest BCUT2D eigenvalue weighted by Crippen LogP contribution is -2.70. The molecule has 2 saturated carbocycles. The number of carbonyl (C=O) groups is 1. The monoisotopic (exact) mass is 414 g/mol. The number of hydrogen-bond donors (Lipinski definition) is 1. The topological polar surface area (TPSA) is 84.1 Å². The van der Waals surface area contributed by atoms with Crippen molar-refractivity contribution in [2.24, 2.45) is 17.3 Å². The summed E-state index contributed by atoms with van der Waals surface area (Å²) in [7, 11) is 0. The number of halogens is 3. The minimum Gasteiger partial charge on any atom is -0.458 e. The Bertz CT molecular complexity index is 916. The fourth-order valence-corrected chi connectivity index (χ4v) is 7.76. The number of alkyl halides is 3. The Labute approximate surface area is 164 Å². The first-order valence-corrected chi connectivity index (χ1v) is 10.2. The Balaban J connectivity index is 1.34. The summed E-state index contributed by atoms with van der Waals surface area (Å²) in [5.74, 6) is -2.10. The molecular formula is C20H21F3O6. The maximum atomic E-state index is 13.6. The van der Waals surface area contributed by atoms with Gasteiger partial charge in [0.2, 0.25) is 0 Å². The maximum absolute atomic E-state index is 13.6. The van der Waals surface area contributed by atoms with E-state index in [4.69, 9.17) is 18.9 Å². The minimum atomic E-state index is -4.49. The molecule has 7 aliphatic rings. The van der Waals surface area contributed by atoms with E-state index in [-0.39, 0.29) is 18.5 Å². The summed E-state index contributed by atoms with van der Waals surface area (Å²) in [6.45, 7) is 3.39. The van der Waals surface area contributed by atoms with Crippen molar-refractivity contribution in [1.82, 2.24) is 0 Å². The van der Waals surface area contributed by atoms with Gasteiger partial charge in [-0.1, -0.05) is 13.8 Å². The molecule has 0 amide bonds. The highest BCUT2D eigenvalue weighted by Crippen LogP contribution is 2.83. The van der Waals surface area contributed by atoms with Gasteiger partial charge in [0.05, 0.1) is 12.0 Å². The van der Waals surface area contributed by atoms with E-state index in [1.54, 1.807) is 0 Å². The van der Waals surface area contributed by atoms with E-state index in [1.807, 2.05) is 0 Å². The van der Waals surface area contributed by atoms with Gasteiger partial charge in [-0.2, -0.15) is 13.2 Å². The molecule has 7 rings (SSSR count). The number of epoxide rings is 3. The van der Waals surface area contributed by atoms with Crippen LogP contribution in [0.15, 0.2) is 11.1 Å². The third-order valence-corrected chi connectivity index (χ3v) is 9.37. The van der Waals surface area contributed by atoms with Crippen molar-refractivity contribution in [2.75, 3.05) is 6.61 Å². The van der Waals surface area contributed by atoms with Crippen LogP contribution in [0.25, 0.3) is 0 Å². The highest BCUT2D eigenvalue weighted by molar-refractivity contribution is 5.92. The third-order valence-electron chi connectivity index (χ3n) is 9.37. The molecule has 5 fully saturated rings. The molecule has 0 radical (unpaired) electrons. The number of esters is 1. The van der Waals surface area contributed by atoms with Gasteiger partial charge in [-0.15, -0.1) is 0 Å². The van der Waals surface area contributed by atoms with Gasteiger partial charge in [0, 0.05) is 11.0 Å². The van der Waals surface area contributed by atoms with Crippen LogP contribution in [0.1, 0.15) is 33.1 Å². The van der Waals surface area contributed by atoms with Crippen LogP contribution < -0.4 is 0 Å². The van der Waals surface area contributed by atoms with Crippen molar-refractivity contribution in [3.63, 3.8) is 0 Å². The largest absolute Gasteiger partial charge is 0.458 e. The van der Waals surface area contributed by atoms with Crippen LogP contribution in [0.5, 0.6) is 0 Å². The highest BCUT2D eigenvalue weighted by Gasteiger charge is 3.01. The second-order valence-corrected chi connectivity index (χ2v) is 10.0. The second-order valence-electron chi connectivity index (χ2n) is 10.0. The van der Waals surface area contributed by atoms with Crippen LogP contribution >= 0.6 is 0 Å². The SMILES string of the molecule is CC(C(F)(F)F)[C@]12O[C@H]1[C@@H]1O[C@]13[C@]1(O[C@H]1C[C@H]1C4=C(CC[C@@]13C)C(=O)OC4)[C@@H]2O. The van der Waals surface area contributed by atoms with Gasteiger partial charge in [-0.3, -0.25) is 0 Å². The first-order valence-electron chi connectivity index (χ1n) is 10.2. The number of ether oxygens (including phenoxy) is 4. The molecule has 10 atom stereocenters. The van der Waals surface area contributed by atoms with Crippen molar-refractivity contribution >= 4 is 5.97 Å². The van der Waals surface area contributed by atoms with E-state index in [9.17, 15) is 23.1 Å². The Morgan fingerprint density at radius 2 is 1.97 bits per heavy atom. The molecule has 0 bridgehead atoms. The molecule has 3 aliphatic carbocycles. The molecule has 0 aromatic rings. The minimum absolute atomic E-state index is 0.0122. The first-order chi connectivity index (χ1) is 13.6. The van der Waals surface area contributed by atoms with E-state index in [1.165, 1.54) is 0 Å². The van der Waals surface area contributed by atoms with Gasteiger partial charge < -0.3 is 24.1 Å². The van der Waals surface area contributed by atoms with Crippen molar-refractivity contribution in [3.8, 4) is 0 Å². The van der Waals surface area contributed by atoms with Crippen molar-refractivity contribution in [2.45, 2.75) is 80.5 Å². The molecule has 2 spiro atoms. The van der Waals surface area contributed by atoms with E-state index in [2.05, 4.69) is 6.92 Å². The van der Waals surface area contributed by atoms with Gasteiger partial charge in [-0.25, -0.2) is 4.79 Å². The highest BCUT2D eigenvalue weighted by atomic mass is 19.4. The lowest BCUT2D eigenvalue weighted by Gasteiger charge is -2.53. The molecule has 29 heavy (non-hydrogen) atoms. The van der Waals surface area contributed by atoms with E-state index in [0.717, 1.165) is 18.1 Å². The number of cyclic esters (lactones) is 1. The summed E-state index contributed by atoms with van der Waals surface area (Å²) in [6.07, 6.45) is -5.90. The summed E-state index contributed by atoms with van der Waals surface area (Å²) >= 11 is 0. The Morgan fingerprint density at radius 3 is 2.69 bits per heavy atom. The first kappa shape index (κ1) is 17.5. The quantitative estimate of drug-likeness (QED) is 0.519. The van der Waals surface area contributed by atoms with Crippen LogP contribution in [0, 0.1) is 17.3 Å². The zero-order valence-electron chi connectivity index (χ0n) is 15.9. The van der Waals surface area contributed by atoms with Crippen LogP contribution in [-0.4, -0.2) is 65.1 Å². The predicted octanol–water partition coefficient (Wildman–Crippen LogP) is 1.65. The average molecular weight is 414 g/mol. The van der Waals surface area contributed by atoms with E-state index < -0.39 is 58.7 Å².